The predicted octanol–water partition coefficient (Wildman–Crippen LogP) is 4.30. The average molecular weight is 237 g/mol. The van der Waals surface area contributed by atoms with Gasteiger partial charge in [0.05, 0.1) is 0 Å². The fraction of sp³-hybridized carbons (Fsp3) is 0.600. The molecule has 0 aliphatic rings. The molecule has 1 atom stereocenters. The van der Waals surface area contributed by atoms with Crippen LogP contribution in [-0.4, -0.2) is 6.54 Å². The van der Waals surface area contributed by atoms with E-state index in [2.05, 4.69) is 33.0 Å². The van der Waals surface area contributed by atoms with Crippen molar-refractivity contribution in [3.05, 3.63) is 35.6 Å². The van der Waals surface area contributed by atoms with Crippen molar-refractivity contribution in [3.8, 4) is 0 Å². The molecular formula is C15H24FN. The van der Waals surface area contributed by atoms with Crippen LogP contribution in [0.1, 0.15) is 52.1 Å². The van der Waals surface area contributed by atoms with Crippen LogP contribution in [0.25, 0.3) is 0 Å². The molecule has 0 amide bonds. The van der Waals surface area contributed by atoms with Crippen LogP contribution in [0.15, 0.2) is 24.3 Å². The molecule has 0 aliphatic carbocycles. The molecule has 2 heteroatoms. The second kappa shape index (κ2) is 6.15. The molecule has 0 aromatic heterocycles. The van der Waals surface area contributed by atoms with Gasteiger partial charge in [0.25, 0.3) is 0 Å². The summed E-state index contributed by atoms with van der Waals surface area (Å²) in [6, 6.07) is 7.14. The summed E-state index contributed by atoms with van der Waals surface area (Å²) >= 11 is 0. The highest BCUT2D eigenvalue weighted by Crippen LogP contribution is 2.20. The maximum atomic E-state index is 13.1. The van der Waals surface area contributed by atoms with E-state index in [1.54, 1.807) is 12.1 Å². The van der Waals surface area contributed by atoms with Crippen molar-refractivity contribution in [2.24, 2.45) is 5.41 Å². The molecular weight excluding hydrogens is 213 g/mol. The highest BCUT2D eigenvalue weighted by atomic mass is 19.1. The van der Waals surface area contributed by atoms with Crippen LogP contribution < -0.4 is 5.32 Å². The van der Waals surface area contributed by atoms with Gasteiger partial charge >= 0.3 is 0 Å². The SMILES string of the molecule is CCC(NCCC(C)(C)C)c1cccc(F)c1. The predicted molar refractivity (Wildman–Crippen MR) is 71.5 cm³/mol. The van der Waals surface area contributed by atoms with Gasteiger partial charge < -0.3 is 5.32 Å². The molecule has 0 saturated carbocycles. The Morgan fingerprint density at radius 1 is 1.29 bits per heavy atom. The maximum Gasteiger partial charge on any atom is 0.123 e. The molecule has 1 nitrogen and oxygen atoms in total. The fourth-order valence-corrected chi connectivity index (χ4v) is 1.84. The molecule has 1 N–H and O–H groups in total. The summed E-state index contributed by atoms with van der Waals surface area (Å²) in [6.45, 7) is 9.80. The quantitative estimate of drug-likeness (QED) is 0.805. The molecule has 0 saturated heterocycles. The fourth-order valence-electron chi connectivity index (χ4n) is 1.84. The first-order valence-electron chi connectivity index (χ1n) is 6.41. The van der Waals surface area contributed by atoms with Gasteiger partial charge in [0.2, 0.25) is 0 Å². The number of halogens is 1. The van der Waals surface area contributed by atoms with E-state index in [0.717, 1.165) is 24.9 Å². The van der Waals surface area contributed by atoms with E-state index in [1.807, 2.05) is 6.07 Å². The second-order valence-corrected chi connectivity index (χ2v) is 5.78. The molecule has 96 valence electrons. The zero-order chi connectivity index (χ0) is 12.9. The third kappa shape index (κ3) is 5.31. The van der Waals surface area contributed by atoms with Crippen LogP contribution in [0.4, 0.5) is 4.39 Å². The summed E-state index contributed by atoms with van der Waals surface area (Å²) in [6.07, 6.45) is 2.10. The largest absolute Gasteiger partial charge is 0.310 e. The Morgan fingerprint density at radius 2 is 2.00 bits per heavy atom. The lowest BCUT2D eigenvalue weighted by atomic mass is 9.92. The Bertz CT molecular complexity index is 341. The lowest BCUT2D eigenvalue weighted by molar-refractivity contribution is 0.352. The number of nitrogens with one attached hydrogen (secondary N) is 1. The molecule has 1 rings (SSSR count). The summed E-state index contributed by atoms with van der Waals surface area (Å²) in [5.74, 6) is -0.154. The maximum absolute atomic E-state index is 13.1. The molecule has 17 heavy (non-hydrogen) atoms. The van der Waals surface area contributed by atoms with Crippen molar-refractivity contribution in [1.29, 1.82) is 0 Å². The van der Waals surface area contributed by atoms with Gasteiger partial charge in [-0.25, -0.2) is 4.39 Å². The molecule has 0 radical (unpaired) electrons. The van der Waals surface area contributed by atoms with Gasteiger partial charge in [0.1, 0.15) is 5.82 Å². The summed E-state index contributed by atoms with van der Waals surface area (Å²) < 4.78 is 13.1. The Kier molecular flexibility index (Phi) is 5.13. The van der Waals surface area contributed by atoms with Gasteiger partial charge in [-0.15, -0.1) is 0 Å². The molecule has 0 heterocycles. The smallest absolute Gasteiger partial charge is 0.123 e. The number of hydrogen-bond acceptors (Lipinski definition) is 1. The first-order valence-corrected chi connectivity index (χ1v) is 6.41. The molecule has 1 unspecified atom stereocenters. The zero-order valence-corrected chi connectivity index (χ0v) is 11.4. The summed E-state index contributed by atoms with van der Waals surface area (Å²) in [5, 5.41) is 3.50. The monoisotopic (exact) mass is 237 g/mol. The number of hydrogen-bond donors (Lipinski definition) is 1. The van der Waals surface area contributed by atoms with Gasteiger partial charge in [0.15, 0.2) is 0 Å². The van der Waals surface area contributed by atoms with E-state index >= 15 is 0 Å². The van der Waals surface area contributed by atoms with E-state index in [-0.39, 0.29) is 11.9 Å². The van der Waals surface area contributed by atoms with E-state index < -0.39 is 0 Å². The Morgan fingerprint density at radius 3 is 2.53 bits per heavy atom. The Balaban J connectivity index is 2.54. The van der Waals surface area contributed by atoms with Crippen LogP contribution >= 0.6 is 0 Å². The van der Waals surface area contributed by atoms with Crippen molar-refractivity contribution < 1.29 is 4.39 Å². The highest BCUT2D eigenvalue weighted by molar-refractivity contribution is 5.19. The van der Waals surface area contributed by atoms with Crippen molar-refractivity contribution in [1.82, 2.24) is 5.32 Å². The molecule has 1 aromatic rings. The third-order valence-electron chi connectivity index (χ3n) is 2.93. The van der Waals surface area contributed by atoms with Crippen LogP contribution in [-0.2, 0) is 0 Å². The van der Waals surface area contributed by atoms with Gasteiger partial charge in [-0.3, -0.25) is 0 Å². The van der Waals surface area contributed by atoms with Crippen LogP contribution in [0.3, 0.4) is 0 Å². The van der Waals surface area contributed by atoms with E-state index in [0.29, 0.717) is 5.41 Å². The number of rotatable bonds is 5. The van der Waals surface area contributed by atoms with Gasteiger partial charge in [-0.2, -0.15) is 0 Å². The van der Waals surface area contributed by atoms with Crippen LogP contribution in [0.2, 0.25) is 0 Å². The summed E-state index contributed by atoms with van der Waals surface area (Å²) in [7, 11) is 0. The molecule has 0 bridgehead atoms. The Hall–Kier alpha value is -0.890. The Labute approximate surface area is 104 Å². The van der Waals surface area contributed by atoms with Gasteiger partial charge in [0, 0.05) is 6.04 Å². The van der Waals surface area contributed by atoms with Crippen molar-refractivity contribution >= 4 is 0 Å². The van der Waals surface area contributed by atoms with E-state index in [1.165, 1.54) is 6.07 Å². The first kappa shape index (κ1) is 14.2. The van der Waals surface area contributed by atoms with E-state index in [4.69, 9.17) is 0 Å². The van der Waals surface area contributed by atoms with Crippen LogP contribution in [0, 0.1) is 11.2 Å². The normalized spacial score (nSPS) is 13.7. The van der Waals surface area contributed by atoms with Crippen LogP contribution in [0.5, 0.6) is 0 Å². The average Bonchev–Trinajstić information content (AvgIpc) is 2.23. The lowest BCUT2D eigenvalue weighted by Gasteiger charge is -2.22. The minimum absolute atomic E-state index is 0.154. The molecule has 0 fully saturated rings. The van der Waals surface area contributed by atoms with Gasteiger partial charge in [-0.05, 0) is 42.5 Å². The second-order valence-electron chi connectivity index (χ2n) is 5.78. The van der Waals surface area contributed by atoms with E-state index in [9.17, 15) is 4.39 Å². The number of benzene rings is 1. The summed E-state index contributed by atoms with van der Waals surface area (Å²) in [4.78, 5) is 0. The zero-order valence-electron chi connectivity index (χ0n) is 11.4. The topological polar surface area (TPSA) is 12.0 Å². The van der Waals surface area contributed by atoms with Crippen molar-refractivity contribution in [3.63, 3.8) is 0 Å². The standard InChI is InChI=1S/C15H24FN/c1-5-14(17-10-9-15(2,3)4)12-7-6-8-13(16)11-12/h6-8,11,14,17H,5,9-10H2,1-4H3. The van der Waals surface area contributed by atoms with Gasteiger partial charge in [-0.1, -0.05) is 39.8 Å². The highest BCUT2D eigenvalue weighted by Gasteiger charge is 2.13. The van der Waals surface area contributed by atoms with Crippen molar-refractivity contribution in [2.45, 2.75) is 46.6 Å². The molecule has 0 aliphatic heterocycles. The van der Waals surface area contributed by atoms with Crippen molar-refractivity contribution in [2.75, 3.05) is 6.54 Å². The third-order valence-corrected chi connectivity index (χ3v) is 2.93. The lowest BCUT2D eigenvalue weighted by Crippen LogP contribution is -2.25. The summed E-state index contributed by atoms with van der Waals surface area (Å²) in [5.41, 5.74) is 1.38. The first-order chi connectivity index (χ1) is 7.92. The molecule has 1 aromatic carbocycles. The molecule has 0 spiro atoms. The minimum Gasteiger partial charge on any atom is -0.310 e. The minimum atomic E-state index is -0.154.